The highest BCUT2D eigenvalue weighted by molar-refractivity contribution is 7.99. The van der Waals surface area contributed by atoms with Crippen molar-refractivity contribution >= 4 is 23.5 Å². The molecule has 0 aromatic heterocycles. The molecule has 3 rings (SSSR count). The predicted octanol–water partition coefficient (Wildman–Crippen LogP) is 4.10. The van der Waals surface area contributed by atoms with Gasteiger partial charge in [-0.2, -0.15) is 11.8 Å². The van der Waals surface area contributed by atoms with E-state index in [1.54, 1.807) is 0 Å². The molecule has 2 aliphatic heterocycles. The maximum absolute atomic E-state index is 6.58. The molecule has 4 heteroatoms. The van der Waals surface area contributed by atoms with Gasteiger partial charge in [0.05, 0.1) is 5.60 Å². The van der Waals surface area contributed by atoms with Gasteiger partial charge in [-0.05, 0) is 54.4 Å². The van der Waals surface area contributed by atoms with Crippen molar-refractivity contribution in [2.75, 3.05) is 23.9 Å². The van der Waals surface area contributed by atoms with Crippen LogP contribution in [-0.2, 0) is 4.74 Å². The van der Waals surface area contributed by atoms with Crippen LogP contribution in [0.25, 0.3) is 0 Å². The van der Waals surface area contributed by atoms with Gasteiger partial charge in [0, 0.05) is 23.3 Å². The molecule has 2 nitrogen and oxygen atoms in total. The molecule has 1 aromatic carbocycles. The monoisotopic (exact) mass is 323 g/mol. The van der Waals surface area contributed by atoms with E-state index in [1.165, 1.54) is 22.6 Å². The lowest BCUT2D eigenvalue weighted by Crippen LogP contribution is -2.42. The molecule has 2 aliphatic rings. The lowest BCUT2D eigenvalue weighted by atomic mass is 9.79. The highest BCUT2D eigenvalue weighted by Gasteiger charge is 2.42. The topological polar surface area (TPSA) is 35.2 Å². The van der Waals surface area contributed by atoms with Crippen LogP contribution in [0.2, 0.25) is 0 Å². The van der Waals surface area contributed by atoms with Crippen LogP contribution >= 0.6 is 23.5 Å². The van der Waals surface area contributed by atoms with Gasteiger partial charge in [0.1, 0.15) is 0 Å². The van der Waals surface area contributed by atoms with Crippen LogP contribution < -0.4 is 5.73 Å². The Balaban J connectivity index is 1.67. The van der Waals surface area contributed by atoms with Crippen molar-refractivity contribution in [3.8, 4) is 0 Å². The molecule has 0 aliphatic carbocycles. The molecule has 1 spiro atoms. The zero-order chi connectivity index (χ0) is 14.7. The van der Waals surface area contributed by atoms with Crippen LogP contribution in [0.1, 0.15) is 37.8 Å². The van der Waals surface area contributed by atoms with Gasteiger partial charge < -0.3 is 10.5 Å². The zero-order valence-electron chi connectivity index (χ0n) is 12.7. The molecule has 2 heterocycles. The number of benzene rings is 1. The lowest BCUT2D eigenvalue weighted by molar-refractivity contribution is -0.0834. The zero-order valence-corrected chi connectivity index (χ0v) is 14.3. The molecule has 3 unspecified atom stereocenters. The molecule has 3 atom stereocenters. The molecule has 21 heavy (non-hydrogen) atoms. The summed E-state index contributed by atoms with van der Waals surface area (Å²) in [5.41, 5.74) is 7.98. The van der Waals surface area contributed by atoms with Crippen LogP contribution in [0.5, 0.6) is 0 Å². The summed E-state index contributed by atoms with van der Waals surface area (Å²) in [4.78, 5) is 1.34. The third-order valence-electron chi connectivity index (χ3n) is 4.68. The molecule has 1 aromatic rings. The normalized spacial score (nSPS) is 30.7. The standard InChI is InChI=1S/C17H25NOS2/c1-2-21-15-5-3-13(4-6-15)16(18)14-7-9-19-17(11-14)8-10-20-12-17/h3-6,14,16H,2,7-12,18H2,1H3. The average Bonchev–Trinajstić information content (AvgIpc) is 2.95. The van der Waals surface area contributed by atoms with Crippen molar-refractivity contribution in [2.24, 2.45) is 11.7 Å². The third-order valence-corrected chi connectivity index (χ3v) is 6.80. The summed E-state index contributed by atoms with van der Waals surface area (Å²) in [6.07, 6.45) is 3.43. The summed E-state index contributed by atoms with van der Waals surface area (Å²) >= 11 is 3.91. The fourth-order valence-electron chi connectivity index (χ4n) is 3.46. The van der Waals surface area contributed by atoms with Crippen molar-refractivity contribution in [1.82, 2.24) is 0 Å². The number of hydrogen-bond donors (Lipinski definition) is 1. The van der Waals surface area contributed by atoms with Gasteiger partial charge in [0.15, 0.2) is 0 Å². The largest absolute Gasteiger partial charge is 0.374 e. The van der Waals surface area contributed by atoms with Crippen LogP contribution in [0.3, 0.4) is 0 Å². The smallest absolute Gasteiger partial charge is 0.0783 e. The summed E-state index contributed by atoms with van der Waals surface area (Å²) in [7, 11) is 0. The Labute approximate surface area is 136 Å². The Kier molecular flexibility index (Phi) is 5.20. The molecule has 116 valence electrons. The molecule has 2 N–H and O–H groups in total. The minimum absolute atomic E-state index is 0.128. The Morgan fingerprint density at radius 2 is 2.24 bits per heavy atom. The van der Waals surface area contributed by atoms with E-state index >= 15 is 0 Å². The van der Waals surface area contributed by atoms with Crippen molar-refractivity contribution in [3.05, 3.63) is 29.8 Å². The molecular formula is C17H25NOS2. The Morgan fingerprint density at radius 1 is 1.43 bits per heavy atom. The van der Waals surface area contributed by atoms with E-state index in [1.807, 2.05) is 23.5 Å². The summed E-state index contributed by atoms with van der Waals surface area (Å²) < 4.78 is 6.11. The predicted molar refractivity (Wildman–Crippen MR) is 93.1 cm³/mol. The molecule has 0 bridgehead atoms. The maximum atomic E-state index is 6.58. The van der Waals surface area contributed by atoms with E-state index in [2.05, 4.69) is 31.2 Å². The minimum atomic E-state index is 0.128. The van der Waals surface area contributed by atoms with E-state index in [9.17, 15) is 0 Å². The van der Waals surface area contributed by atoms with Gasteiger partial charge in [0.25, 0.3) is 0 Å². The van der Waals surface area contributed by atoms with Gasteiger partial charge in [-0.15, -0.1) is 11.8 Å². The van der Waals surface area contributed by atoms with Gasteiger partial charge in [-0.1, -0.05) is 19.1 Å². The third kappa shape index (κ3) is 3.61. The number of nitrogens with two attached hydrogens (primary N) is 1. The van der Waals surface area contributed by atoms with Crippen molar-refractivity contribution in [3.63, 3.8) is 0 Å². The highest BCUT2D eigenvalue weighted by atomic mass is 32.2. The summed E-state index contributed by atoms with van der Waals surface area (Å²) in [6.45, 7) is 3.06. The Hall–Kier alpha value is -0.160. The summed E-state index contributed by atoms with van der Waals surface area (Å²) in [5, 5.41) is 0. The van der Waals surface area contributed by atoms with Crippen LogP contribution in [0.15, 0.2) is 29.2 Å². The summed E-state index contributed by atoms with van der Waals surface area (Å²) in [6, 6.07) is 9.01. The number of ether oxygens (including phenoxy) is 1. The first-order valence-electron chi connectivity index (χ1n) is 7.92. The maximum Gasteiger partial charge on any atom is 0.0783 e. The first-order chi connectivity index (χ1) is 10.2. The van der Waals surface area contributed by atoms with E-state index < -0.39 is 0 Å². The molecule has 2 fully saturated rings. The van der Waals surface area contributed by atoms with E-state index in [0.29, 0.717) is 5.92 Å². The quantitative estimate of drug-likeness (QED) is 0.846. The second-order valence-corrected chi connectivity index (χ2v) is 8.56. The minimum Gasteiger partial charge on any atom is -0.374 e. The van der Waals surface area contributed by atoms with E-state index in [0.717, 1.165) is 31.0 Å². The van der Waals surface area contributed by atoms with Gasteiger partial charge in [0.2, 0.25) is 0 Å². The van der Waals surface area contributed by atoms with Crippen molar-refractivity contribution in [2.45, 2.75) is 42.7 Å². The molecule has 0 amide bonds. The molecule has 2 saturated heterocycles. The summed E-state index contributed by atoms with van der Waals surface area (Å²) in [5.74, 6) is 4.07. The van der Waals surface area contributed by atoms with Crippen LogP contribution in [0, 0.1) is 5.92 Å². The van der Waals surface area contributed by atoms with E-state index in [4.69, 9.17) is 10.5 Å². The second-order valence-electron chi connectivity index (χ2n) is 6.11. The Bertz CT molecular complexity index is 456. The van der Waals surface area contributed by atoms with Gasteiger partial charge in [-0.25, -0.2) is 0 Å². The van der Waals surface area contributed by atoms with Gasteiger partial charge in [-0.3, -0.25) is 0 Å². The molecule has 0 saturated carbocycles. The highest BCUT2D eigenvalue weighted by Crippen LogP contribution is 2.43. The van der Waals surface area contributed by atoms with Crippen molar-refractivity contribution < 1.29 is 4.74 Å². The lowest BCUT2D eigenvalue weighted by Gasteiger charge is -2.40. The van der Waals surface area contributed by atoms with Gasteiger partial charge >= 0.3 is 0 Å². The van der Waals surface area contributed by atoms with E-state index in [-0.39, 0.29) is 11.6 Å². The SMILES string of the molecule is CCSc1ccc(C(N)C2CCOC3(CCSC3)C2)cc1. The average molecular weight is 324 g/mol. The number of hydrogen-bond acceptors (Lipinski definition) is 4. The number of thioether (sulfide) groups is 2. The number of rotatable bonds is 4. The molecule has 0 radical (unpaired) electrons. The van der Waals surface area contributed by atoms with Crippen LogP contribution in [-0.4, -0.2) is 29.5 Å². The fourth-order valence-corrected chi connectivity index (χ4v) is 5.50. The first-order valence-corrected chi connectivity index (χ1v) is 10.1. The Morgan fingerprint density at radius 3 is 2.90 bits per heavy atom. The second kappa shape index (κ2) is 6.95. The fraction of sp³-hybridized carbons (Fsp3) is 0.647. The first kappa shape index (κ1) is 15.7. The molecular weight excluding hydrogens is 298 g/mol. The van der Waals surface area contributed by atoms with Crippen LogP contribution in [0.4, 0.5) is 0 Å². The van der Waals surface area contributed by atoms with Crippen molar-refractivity contribution in [1.29, 1.82) is 0 Å².